The molecular weight excluding hydrogens is 146 g/mol. The predicted molar refractivity (Wildman–Crippen MR) is 54.3 cm³/mol. The molecule has 1 heterocycles. The van der Waals surface area contributed by atoms with Crippen molar-refractivity contribution in [3.63, 3.8) is 0 Å². The lowest BCUT2D eigenvalue weighted by Crippen LogP contribution is -2.41. The van der Waals surface area contributed by atoms with E-state index in [1.165, 1.54) is 19.4 Å². The SMILES string of the molecule is CC(C)C(C)(C)[C@@H]1CCCN1C. The van der Waals surface area contributed by atoms with Crippen LogP contribution in [0.3, 0.4) is 0 Å². The van der Waals surface area contributed by atoms with E-state index in [-0.39, 0.29) is 0 Å². The Kier molecular flexibility index (Phi) is 2.82. The molecule has 1 fully saturated rings. The van der Waals surface area contributed by atoms with Crippen LogP contribution in [0.25, 0.3) is 0 Å². The monoisotopic (exact) mass is 169 g/mol. The Labute approximate surface area is 77.1 Å². The van der Waals surface area contributed by atoms with E-state index in [0.29, 0.717) is 5.41 Å². The second-order valence-electron chi connectivity index (χ2n) is 5.11. The zero-order chi connectivity index (χ0) is 9.35. The third-order valence-corrected chi connectivity index (χ3v) is 3.87. The van der Waals surface area contributed by atoms with Gasteiger partial charge in [-0.1, -0.05) is 27.7 Å². The molecule has 0 radical (unpaired) electrons. The van der Waals surface area contributed by atoms with Crippen molar-refractivity contribution in [1.82, 2.24) is 4.90 Å². The fraction of sp³-hybridized carbons (Fsp3) is 1.00. The lowest BCUT2D eigenvalue weighted by Gasteiger charge is -2.39. The smallest absolute Gasteiger partial charge is 0.0146 e. The van der Waals surface area contributed by atoms with Crippen LogP contribution in [0.2, 0.25) is 0 Å². The molecule has 0 spiro atoms. The van der Waals surface area contributed by atoms with Crippen LogP contribution in [-0.2, 0) is 0 Å². The van der Waals surface area contributed by atoms with Gasteiger partial charge >= 0.3 is 0 Å². The number of hydrogen-bond donors (Lipinski definition) is 0. The molecule has 0 aromatic rings. The van der Waals surface area contributed by atoms with Crippen LogP contribution in [0.4, 0.5) is 0 Å². The number of hydrogen-bond acceptors (Lipinski definition) is 1. The molecule has 0 aromatic heterocycles. The van der Waals surface area contributed by atoms with Crippen molar-refractivity contribution in [3.05, 3.63) is 0 Å². The molecule has 0 amide bonds. The van der Waals surface area contributed by atoms with Gasteiger partial charge in [-0.2, -0.15) is 0 Å². The molecule has 12 heavy (non-hydrogen) atoms. The number of likely N-dealkylation sites (tertiary alicyclic amines) is 1. The summed E-state index contributed by atoms with van der Waals surface area (Å²) in [6.45, 7) is 10.8. The van der Waals surface area contributed by atoms with Gasteiger partial charge in [-0.3, -0.25) is 0 Å². The predicted octanol–water partition coefficient (Wildman–Crippen LogP) is 2.76. The van der Waals surface area contributed by atoms with Crippen LogP contribution in [0.15, 0.2) is 0 Å². The van der Waals surface area contributed by atoms with Gasteiger partial charge in [0, 0.05) is 6.04 Å². The molecule has 1 aliphatic rings. The molecule has 72 valence electrons. The summed E-state index contributed by atoms with van der Waals surface area (Å²) < 4.78 is 0. The normalized spacial score (nSPS) is 27.0. The average molecular weight is 169 g/mol. The van der Waals surface area contributed by atoms with E-state index in [1.54, 1.807) is 0 Å². The molecule has 1 heteroatoms. The Morgan fingerprint density at radius 1 is 1.33 bits per heavy atom. The van der Waals surface area contributed by atoms with Crippen LogP contribution in [0.1, 0.15) is 40.5 Å². The van der Waals surface area contributed by atoms with Crippen LogP contribution in [0, 0.1) is 11.3 Å². The van der Waals surface area contributed by atoms with Gasteiger partial charge in [0.1, 0.15) is 0 Å². The van der Waals surface area contributed by atoms with Crippen molar-refractivity contribution in [3.8, 4) is 0 Å². The zero-order valence-corrected chi connectivity index (χ0v) is 9.22. The maximum atomic E-state index is 2.53. The van der Waals surface area contributed by atoms with Gasteiger partial charge in [-0.05, 0) is 37.8 Å². The molecule has 0 N–H and O–H groups in total. The molecule has 0 aromatic carbocycles. The van der Waals surface area contributed by atoms with Crippen molar-refractivity contribution in [1.29, 1.82) is 0 Å². The zero-order valence-electron chi connectivity index (χ0n) is 9.22. The molecule has 0 aliphatic carbocycles. The van der Waals surface area contributed by atoms with Crippen molar-refractivity contribution in [2.45, 2.75) is 46.6 Å². The van der Waals surface area contributed by atoms with E-state index in [2.05, 4.69) is 39.6 Å². The molecular formula is C11H23N. The standard InChI is InChI=1S/C11H23N/c1-9(2)11(3,4)10-7-6-8-12(10)5/h9-10H,6-8H2,1-5H3/t10-/m0/s1. The molecule has 0 bridgehead atoms. The first-order valence-corrected chi connectivity index (χ1v) is 5.16. The minimum absolute atomic E-state index is 0.477. The summed E-state index contributed by atoms with van der Waals surface area (Å²) >= 11 is 0. The molecule has 1 atom stereocenters. The third-order valence-electron chi connectivity index (χ3n) is 3.87. The van der Waals surface area contributed by atoms with E-state index in [9.17, 15) is 0 Å². The van der Waals surface area contributed by atoms with Crippen LogP contribution >= 0.6 is 0 Å². The highest BCUT2D eigenvalue weighted by molar-refractivity contribution is 4.90. The van der Waals surface area contributed by atoms with E-state index >= 15 is 0 Å². The van der Waals surface area contributed by atoms with E-state index in [0.717, 1.165) is 12.0 Å². The minimum atomic E-state index is 0.477. The minimum Gasteiger partial charge on any atom is -0.303 e. The third kappa shape index (κ3) is 1.66. The van der Waals surface area contributed by atoms with Crippen molar-refractivity contribution in [2.24, 2.45) is 11.3 Å². The second kappa shape index (κ2) is 3.37. The topological polar surface area (TPSA) is 3.24 Å². The van der Waals surface area contributed by atoms with Gasteiger partial charge < -0.3 is 4.90 Å². The highest BCUT2D eigenvalue weighted by Crippen LogP contribution is 2.37. The average Bonchev–Trinajstić information content (AvgIpc) is 2.35. The molecule has 0 saturated carbocycles. The lowest BCUT2D eigenvalue weighted by atomic mass is 9.74. The molecule has 1 rings (SSSR count). The summed E-state index contributed by atoms with van der Waals surface area (Å²) in [6, 6.07) is 0.803. The van der Waals surface area contributed by atoms with Crippen molar-refractivity contribution >= 4 is 0 Å². The van der Waals surface area contributed by atoms with Gasteiger partial charge in [-0.25, -0.2) is 0 Å². The summed E-state index contributed by atoms with van der Waals surface area (Å²) in [5, 5.41) is 0. The van der Waals surface area contributed by atoms with Gasteiger partial charge in [0.2, 0.25) is 0 Å². The summed E-state index contributed by atoms with van der Waals surface area (Å²) in [5.41, 5.74) is 0.477. The van der Waals surface area contributed by atoms with E-state index in [4.69, 9.17) is 0 Å². The van der Waals surface area contributed by atoms with Crippen LogP contribution < -0.4 is 0 Å². The van der Waals surface area contributed by atoms with Gasteiger partial charge in [0.25, 0.3) is 0 Å². The Balaban J connectivity index is 2.67. The summed E-state index contributed by atoms with van der Waals surface area (Å²) in [7, 11) is 2.27. The molecule has 0 unspecified atom stereocenters. The lowest BCUT2D eigenvalue weighted by molar-refractivity contribution is 0.101. The summed E-state index contributed by atoms with van der Waals surface area (Å²) in [6.07, 6.45) is 2.78. The van der Waals surface area contributed by atoms with E-state index in [1.807, 2.05) is 0 Å². The maximum absolute atomic E-state index is 2.53. The largest absolute Gasteiger partial charge is 0.303 e. The highest BCUT2D eigenvalue weighted by atomic mass is 15.2. The van der Waals surface area contributed by atoms with Gasteiger partial charge in [-0.15, -0.1) is 0 Å². The van der Waals surface area contributed by atoms with E-state index < -0.39 is 0 Å². The fourth-order valence-corrected chi connectivity index (χ4v) is 2.24. The maximum Gasteiger partial charge on any atom is 0.0146 e. The van der Waals surface area contributed by atoms with Gasteiger partial charge in [0.15, 0.2) is 0 Å². The Morgan fingerprint density at radius 3 is 2.25 bits per heavy atom. The molecule has 1 nitrogen and oxygen atoms in total. The van der Waals surface area contributed by atoms with Crippen molar-refractivity contribution < 1.29 is 0 Å². The highest BCUT2D eigenvalue weighted by Gasteiger charge is 2.37. The number of nitrogens with zero attached hydrogens (tertiary/aromatic N) is 1. The first-order chi connectivity index (χ1) is 5.46. The Bertz CT molecular complexity index is 149. The molecule has 1 aliphatic heterocycles. The molecule has 1 saturated heterocycles. The second-order valence-corrected chi connectivity index (χ2v) is 5.11. The Morgan fingerprint density at radius 2 is 1.92 bits per heavy atom. The number of rotatable bonds is 2. The van der Waals surface area contributed by atoms with Crippen molar-refractivity contribution in [2.75, 3.05) is 13.6 Å². The summed E-state index contributed by atoms with van der Waals surface area (Å²) in [5.74, 6) is 0.781. The first kappa shape index (κ1) is 10.0. The van der Waals surface area contributed by atoms with Crippen LogP contribution in [0.5, 0.6) is 0 Å². The summed E-state index contributed by atoms with van der Waals surface area (Å²) in [4.78, 5) is 2.53. The quantitative estimate of drug-likeness (QED) is 0.614. The first-order valence-electron chi connectivity index (χ1n) is 5.16. The van der Waals surface area contributed by atoms with Gasteiger partial charge in [0.05, 0.1) is 0 Å². The Hall–Kier alpha value is -0.0400. The van der Waals surface area contributed by atoms with Crippen LogP contribution in [-0.4, -0.2) is 24.5 Å². The fourth-order valence-electron chi connectivity index (χ4n) is 2.24.